The highest BCUT2D eigenvalue weighted by Gasteiger charge is 2.43. The maximum Gasteiger partial charge on any atom is 0.407 e. The van der Waals surface area contributed by atoms with E-state index in [-0.39, 0.29) is 30.3 Å². The van der Waals surface area contributed by atoms with E-state index < -0.39 is 78.1 Å². The Bertz CT molecular complexity index is 1650. The molecule has 6 amide bonds. The molecule has 1 aromatic carbocycles. The molecular weight excluding hydrogens is 696 g/mol. The highest BCUT2D eigenvalue weighted by Crippen LogP contribution is 2.49. The van der Waals surface area contributed by atoms with E-state index in [1.54, 1.807) is 6.92 Å². The summed E-state index contributed by atoms with van der Waals surface area (Å²) in [5, 5.41) is 14.8. The van der Waals surface area contributed by atoms with Crippen LogP contribution in [0.25, 0.3) is 0 Å². The Morgan fingerprint density at radius 1 is 0.833 bits per heavy atom. The number of ether oxygens (including phenoxy) is 1. The minimum Gasteiger partial charge on any atom is -0.481 e. The molecule has 0 heterocycles. The second kappa shape index (κ2) is 18.2. The van der Waals surface area contributed by atoms with E-state index in [0.717, 1.165) is 20.3 Å². The van der Waals surface area contributed by atoms with Crippen molar-refractivity contribution in [1.29, 1.82) is 0 Å². The number of hydrogen-bond donors (Lipinski definition) is 3. The van der Waals surface area contributed by atoms with Crippen molar-refractivity contribution in [2.24, 2.45) is 11.8 Å². The zero-order chi connectivity index (χ0) is 40.7. The monoisotopic (exact) mass is 752 g/mol. The highest BCUT2D eigenvalue weighted by molar-refractivity contribution is 5.98. The van der Waals surface area contributed by atoms with Gasteiger partial charge in [0, 0.05) is 54.1 Å². The van der Waals surface area contributed by atoms with E-state index >= 15 is 0 Å². The van der Waals surface area contributed by atoms with Crippen molar-refractivity contribution in [3.8, 4) is 0 Å². The Labute approximate surface area is 317 Å². The molecule has 0 saturated heterocycles. The number of allylic oxidation sites excluding steroid dienone is 4. The van der Waals surface area contributed by atoms with Gasteiger partial charge in [-0.2, -0.15) is 0 Å². The molecule has 3 rings (SSSR count). The summed E-state index contributed by atoms with van der Waals surface area (Å²) >= 11 is 0. The lowest BCUT2D eigenvalue weighted by molar-refractivity contribution is -0.153. The van der Waals surface area contributed by atoms with Crippen molar-refractivity contribution < 1.29 is 43.4 Å². The van der Waals surface area contributed by atoms with Gasteiger partial charge in [-0.05, 0) is 36.8 Å². The quantitative estimate of drug-likeness (QED) is 0.228. The molecule has 0 spiro atoms. The number of rotatable bonds is 16. The summed E-state index contributed by atoms with van der Waals surface area (Å²) in [6.45, 7) is 6.63. The normalized spacial score (nSPS) is 19.2. The standard InChI is InChI=1S/C39H56N6O9/c1-11-23(2)33(40-38(53)54-22-28-26-18-14-12-16-24(26)25-17-13-15-19-27(25)28)34(49)41-39(3,4)37(52)45(10)29(35(50)42(5)6)20-31(46)44(9)30(21-32(47)48)36(51)43(7)8/h12-19,23-24,26,28-30,33H,11,20-22H2,1-10H3,(H,40,53)(H,41,49)(H,47,48)/t23-,24?,26?,28?,29-,30-,33-/m0/s1. The third-order valence-electron chi connectivity index (χ3n) is 10.4. The molecule has 2 aliphatic carbocycles. The van der Waals surface area contributed by atoms with Crippen LogP contribution in [0.4, 0.5) is 4.79 Å². The number of benzene rings is 1. The van der Waals surface area contributed by atoms with Gasteiger partial charge < -0.3 is 40.1 Å². The number of carboxylic acids is 1. The van der Waals surface area contributed by atoms with E-state index in [1.807, 2.05) is 37.3 Å². The third kappa shape index (κ3) is 10.1. The number of carbonyl (C=O) groups excluding carboxylic acids is 6. The summed E-state index contributed by atoms with van der Waals surface area (Å²) < 4.78 is 5.73. The van der Waals surface area contributed by atoms with Crippen LogP contribution in [0.1, 0.15) is 69.9 Å². The summed E-state index contributed by atoms with van der Waals surface area (Å²) in [6.07, 6.45) is 6.77. The van der Waals surface area contributed by atoms with Crippen LogP contribution < -0.4 is 10.6 Å². The molecule has 2 aliphatic rings. The van der Waals surface area contributed by atoms with Crippen LogP contribution in [0.3, 0.4) is 0 Å². The fraction of sp³-hybridized carbons (Fsp3) is 0.564. The number of likely N-dealkylation sites (N-methyl/N-ethyl adjacent to an activating group) is 4. The number of fused-ring (bicyclic) bond motifs is 3. The zero-order valence-corrected chi connectivity index (χ0v) is 33.0. The van der Waals surface area contributed by atoms with E-state index in [9.17, 15) is 38.7 Å². The SMILES string of the molecule is CC[C@H](C)[C@H](NC(=O)OCC1c2ccccc2C2C=CC=CC21)C(=O)NC(C)(C)C(=O)N(C)[C@@H](CC(=O)N(C)[C@@H](CC(=O)O)C(=O)N(C)C)C(=O)N(C)C. The predicted molar refractivity (Wildman–Crippen MR) is 201 cm³/mol. The third-order valence-corrected chi connectivity index (χ3v) is 10.4. The van der Waals surface area contributed by atoms with Crippen LogP contribution in [0, 0.1) is 11.8 Å². The summed E-state index contributed by atoms with van der Waals surface area (Å²) in [5.74, 6) is -4.75. The van der Waals surface area contributed by atoms with Crippen molar-refractivity contribution in [3.63, 3.8) is 0 Å². The van der Waals surface area contributed by atoms with Gasteiger partial charge in [-0.25, -0.2) is 4.79 Å². The molecular formula is C39H56N6O9. The van der Waals surface area contributed by atoms with Crippen molar-refractivity contribution in [2.45, 2.75) is 82.5 Å². The molecule has 15 nitrogen and oxygen atoms in total. The molecule has 0 radical (unpaired) electrons. The lowest BCUT2D eigenvalue weighted by atomic mass is 9.84. The van der Waals surface area contributed by atoms with E-state index in [1.165, 1.54) is 66.6 Å². The van der Waals surface area contributed by atoms with Gasteiger partial charge in [-0.3, -0.25) is 28.8 Å². The van der Waals surface area contributed by atoms with Crippen molar-refractivity contribution in [2.75, 3.05) is 48.9 Å². The second-order valence-corrected chi connectivity index (χ2v) is 15.0. The van der Waals surface area contributed by atoms with Crippen LogP contribution >= 0.6 is 0 Å². The maximum atomic E-state index is 14.0. The molecule has 296 valence electrons. The summed E-state index contributed by atoms with van der Waals surface area (Å²) in [5.41, 5.74) is 0.677. The van der Waals surface area contributed by atoms with Crippen LogP contribution in [-0.2, 0) is 33.5 Å². The number of alkyl carbamates (subject to hydrolysis) is 1. The summed E-state index contributed by atoms with van der Waals surface area (Å²) in [7, 11) is 8.34. The molecule has 0 aliphatic heterocycles. The largest absolute Gasteiger partial charge is 0.481 e. The number of aliphatic carboxylic acids is 1. The van der Waals surface area contributed by atoms with Gasteiger partial charge in [0.2, 0.25) is 29.5 Å². The van der Waals surface area contributed by atoms with Gasteiger partial charge >= 0.3 is 12.1 Å². The van der Waals surface area contributed by atoms with Crippen molar-refractivity contribution >= 4 is 41.6 Å². The highest BCUT2D eigenvalue weighted by atomic mass is 16.5. The molecule has 0 aromatic heterocycles. The number of hydrogen-bond acceptors (Lipinski definition) is 8. The number of carbonyl (C=O) groups is 7. The average molecular weight is 753 g/mol. The van der Waals surface area contributed by atoms with Gasteiger partial charge in [-0.1, -0.05) is 68.8 Å². The molecule has 0 fully saturated rings. The molecule has 1 aromatic rings. The topological polar surface area (TPSA) is 186 Å². The van der Waals surface area contributed by atoms with Gasteiger partial charge in [0.15, 0.2) is 0 Å². The summed E-state index contributed by atoms with van der Waals surface area (Å²) in [6, 6.07) is 4.29. The van der Waals surface area contributed by atoms with Crippen LogP contribution in [-0.4, -0.2) is 139 Å². The Morgan fingerprint density at radius 3 is 1.94 bits per heavy atom. The van der Waals surface area contributed by atoms with Gasteiger partial charge in [-0.15, -0.1) is 0 Å². The molecule has 7 atom stereocenters. The molecule has 3 N–H and O–H groups in total. The Hall–Kier alpha value is -5.21. The molecule has 54 heavy (non-hydrogen) atoms. The van der Waals surface area contributed by atoms with Crippen LogP contribution in [0.15, 0.2) is 48.6 Å². The van der Waals surface area contributed by atoms with Gasteiger partial charge in [0.05, 0.1) is 12.8 Å². The molecule has 0 saturated carbocycles. The van der Waals surface area contributed by atoms with Gasteiger partial charge in [0.1, 0.15) is 30.3 Å². The zero-order valence-electron chi connectivity index (χ0n) is 33.0. The Balaban J connectivity index is 1.74. The lowest BCUT2D eigenvalue weighted by Gasteiger charge is -2.37. The number of amides is 6. The fourth-order valence-electron chi connectivity index (χ4n) is 6.96. The van der Waals surface area contributed by atoms with Crippen molar-refractivity contribution in [1.82, 2.24) is 30.2 Å². The molecule has 3 unspecified atom stereocenters. The second-order valence-electron chi connectivity index (χ2n) is 15.0. The van der Waals surface area contributed by atoms with E-state index in [4.69, 9.17) is 4.74 Å². The molecule has 0 bridgehead atoms. The lowest BCUT2D eigenvalue weighted by Crippen LogP contribution is -2.63. The minimum absolute atomic E-state index is 0.0675. The smallest absolute Gasteiger partial charge is 0.407 e. The van der Waals surface area contributed by atoms with Crippen molar-refractivity contribution in [3.05, 3.63) is 59.7 Å². The Morgan fingerprint density at radius 2 is 1.39 bits per heavy atom. The number of nitrogens with one attached hydrogen (secondary N) is 2. The predicted octanol–water partition coefficient (Wildman–Crippen LogP) is 2.34. The minimum atomic E-state index is -1.63. The van der Waals surface area contributed by atoms with Gasteiger partial charge in [0.25, 0.3) is 0 Å². The Kier molecular flexibility index (Phi) is 14.6. The first-order valence-electron chi connectivity index (χ1n) is 18.1. The number of carboxylic acid groups (broad SMARTS) is 1. The van der Waals surface area contributed by atoms with Crippen LogP contribution in [0.2, 0.25) is 0 Å². The first-order valence-corrected chi connectivity index (χ1v) is 18.1. The first-order chi connectivity index (χ1) is 25.2. The number of nitrogens with zero attached hydrogens (tertiary/aromatic N) is 4. The average Bonchev–Trinajstić information content (AvgIpc) is 3.45. The van der Waals surface area contributed by atoms with E-state index in [2.05, 4.69) is 28.9 Å². The summed E-state index contributed by atoms with van der Waals surface area (Å²) in [4.78, 5) is 96.6. The first kappa shape index (κ1) is 43.2. The maximum absolute atomic E-state index is 14.0. The fourth-order valence-corrected chi connectivity index (χ4v) is 6.96. The molecule has 15 heteroatoms. The van der Waals surface area contributed by atoms with E-state index in [0.29, 0.717) is 6.42 Å². The van der Waals surface area contributed by atoms with Crippen LogP contribution in [0.5, 0.6) is 0 Å².